The number of ether oxygens (including phenoxy) is 2. The zero-order valence-corrected chi connectivity index (χ0v) is 16.7. The van der Waals surface area contributed by atoms with Crippen LogP contribution in [0.15, 0.2) is 47.3 Å². The quantitative estimate of drug-likeness (QED) is 0.515. The summed E-state index contributed by atoms with van der Waals surface area (Å²) in [5.74, 6) is -0.751. The van der Waals surface area contributed by atoms with Crippen LogP contribution in [-0.4, -0.2) is 29.0 Å². The Labute approximate surface area is 175 Å². The first-order valence-corrected chi connectivity index (χ1v) is 9.57. The number of phenolic OH excluding ortho intramolecular Hbond substituents is 1. The Hall–Kier alpha value is -3.30. The molecule has 2 aromatic carbocycles. The van der Waals surface area contributed by atoms with E-state index in [-0.39, 0.29) is 28.5 Å². The minimum absolute atomic E-state index is 0.0684. The monoisotopic (exact) mass is 433 g/mol. The summed E-state index contributed by atoms with van der Waals surface area (Å²) in [7, 11) is 1.45. The van der Waals surface area contributed by atoms with Gasteiger partial charge in [-0.05, 0) is 36.4 Å². The van der Waals surface area contributed by atoms with E-state index in [1.165, 1.54) is 48.8 Å². The molecule has 0 aliphatic carbocycles. The van der Waals surface area contributed by atoms with Crippen LogP contribution in [0.1, 0.15) is 26.4 Å². The molecule has 3 aromatic rings. The van der Waals surface area contributed by atoms with Crippen LogP contribution in [0.25, 0.3) is 0 Å². The van der Waals surface area contributed by atoms with Gasteiger partial charge in [-0.15, -0.1) is 11.3 Å². The second-order valence-corrected chi connectivity index (χ2v) is 6.86. The molecular formula is C19H16ClN3O5S. The molecule has 0 bridgehead atoms. The molecular weight excluding hydrogens is 418 g/mol. The average Bonchev–Trinajstić information content (AvgIpc) is 3.25. The molecule has 0 saturated heterocycles. The number of benzene rings is 2. The predicted molar refractivity (Wildman–Crippen MR) is 107 cm³/mol. The zero-order chi connectivity index (χ0) is 20.8. The molecule has 1 aromatic heterocycles. The van der Waals surface area contributed by atoms with Crippen molar-refractivity contribution in [3.8, 4) is 17.2 Å². The van der Waals surface area contributed by atoms with Crippen molar-refractivity contribution in [2.75, 3.05) is 7.11 Å². The summed E-state index contributed by atoms with van der Waals surface area (Å²) in [6, 6.07) is 8.61. The number of hydrogen-bond donors (Lipinski definition) is 3. The first kappa shape index (κ1) is 20.4. The Kier molecular flexibility index (Phi) is 6.53. The van der Waals surface area contributed by atoms with Crippen LogP contribution in [0.2, 0.25) is 5.02 Å². The number of halogens is 1. The Balaban J connectivity index is 1.64. The zero-order valence-electron chi connectivity index (χ0n) is 15.1. The largest absolute Gasteiger partial charge is 0.507 e. The van der Waals surface area contributed by atoms with Crippen molar-refractivity contribution in [2.45, 2.75) is 6.61 Å². The highest BCUT2D eigenvalue weighted by Gasteiger charge is 2.15. The van der Waals surface area contributed by atoms with E-state index in [0.29, 0.717) is 11.5 Å². The maximum Gasteiger partial charge on any atom is 0.273 e. The van der Waals surface area contributed by atoms with Crippen molar-refractivity contribution in [3.63, 3.8) is 0 Å². The van der Waals surface area contributed by atoms with Gasteiger partial charge in [0.05, 0.1) is 23.9 Å². The van der Waals surface area contributed by atoms with Gasteiger partial charge in [0.15, 0.2) is 11.5 Å². The lowest BCUT2D eigenvalue weighted by Gasteiger charge is -2.12. The summed E-state index contributed by atoms with van der Waals surface area (Å²) < 4.78 is 10.9. The number of thiazole rings is 1. The number of carbonyl (C=O) groups is 2. The van der Waals surface area contributed by atoms with Gasteiger partial charge in [-0.2, -0.15) is 0 Å². The van der Waals surface area contributed by atoms with Gasteiger partial charge >= 0.3 is 0 Å². The van der Waals surface area contributed by atoms with E-state index in [1.807, 2.05) is 5.38 Å². The van der Waals surface area contributed by atoms with Crippen molar-refractivity contribution in [3.05, 3.63) is 69.1 Å². The van der Waals surface area contributed by atoms with Gasteiger partial charge in [0.1, 0.15) is 12.4 Å². The number of nitrogens with zero attached hydrogens (tertiary/aromatic N) is 1. The molecule has 0 spiro atoms. The summed E-state index contributed by atoms with van der Waals surface area (Å²) >= 11 is 7.28. The van der Waals surface area contributed by atoms with Crippen molar-refractivity contribution in [1.82, 2.24) is 15.8 Å². The molecule has 3 N–H and O–H groups in total. The molecule has 0 atom stereocenters. The van der Waals surface area contributed by atoms with E-state index < -0.39 is 11.8 Å². The second-order valence-electron chi connectivity index (χ2n) is 5.70. The van der Waals surface area contributed by atoms with Crippen molar-refractivity contribution in [2.24, 2.45) is 0 Å². The van der Waals surface area contributed by atoms with Crippen LogP contribution >= 0.6 is 22.9 Å². The van der Waals surface area contributed by atoms with Gasteiger partial charge in [-0.3, -0.25) is 20.4 Å². The van der Waals surface area contributed by atoms with Crippen LogP contribution in [0, 0.1) is 0 Å². The van der Waals surface area contributed by atoms with Gasteiger partial charge in [-0.1, -0.05) is 11.6 Å². The van der Waals surface area contributed by atoms with Crippen molar-refractivity contribution >= 4 is 34.8 Å². The molecule has 3 rings (SSSR count). The molecule has 150 valence electrons. The third kappa shape index (κ3) is 5.15. The Bertz CT molecular complexity index is 1030. The number of nitrogens with one attached hydrogen (secondary N) is 2. The lowest BCUT2D eigenvalue weighted by atomic mass is 10.2. The lowest BCUT2D eigenvalue weighted by Crippen LogP contribution is -2.41. The predicted octanol–water partition coefficient (Wildman–Crippen LogP) is 3.16. The van der Waals surface area contributed by atoms with E-state index >= 15 is 0 Å². The van der Waals surface area contributed by atoms with Crippen LogP contribution in [-0.2, 0) is 6.61 Å². The molecule has 10 heteroatoms. The van der Waals surface area contributed by atoms with Crippen LogP contribution in [0.3, 0.4) is 0 Å². The summed E-state index contributed by atoms with van der Waals surface area (Å²) in [6.07, 6.45) is 0. The first-order chi connectivity index (χ1) is 14.0. The first-order valence-electron chi connectivity index (χ1n) is 8.25. The van der Waals surface area contributed by atoms with Gasteiger partial charge in [-0.25, -0.2) is 4.98 Å². The van der Waals surface area contributed by atoms with Gasteiger partial charge < -0.3 is 14.6 Å². The SMILES string of the molecule is COc1cc(C(=O)NNC(=O)c2cc(Cl)ccc2O)ccc1OCc1cscn1. The lowest BCUT2D eigenvalue weighted by molar-refractivity contribution is 0.0845. The summed E-state index contributed by atoms with van der Waals surface area (Å²) in [6.45, 7) is 0.268. The van der Waals surface area contributed by atoms with E-state index in [1.54, 1.807) is 11.6 Å². The molecule has 8 nitrogen and oxygen atoms in total. The molecule has 0 saturated carbocycles. The van der Waals surface area contributed by atoms with Crippen LogP contribution in [0.5, 0.6) is 17.2 Å². The number of aromatic hydroxyl groups is 1. The van der Waals surface area contributed by atoms with E-state index in [4.69, 9.17) is 21.1 Å². The summed E-state index contributed by atoms with van der Waals surface area (Å²) in [5, 5.41) is 11.9. The smallest absolute Gasteiger partial charge is 0.273 e. The fourth-order valence-corrected chi connectivity index (χ4v) is 3.05. The van der Waals surface area contributed by atoms with Crippen molar-refractivity contribution in [1.29, 1.82) is 0 Å². The summed E-state index contributed by atoms with van der Waals surface area (Å²) in [5.41, 5.74) is 7.15. The maximum absolute atomic E-state index is 12.3. The third-order valence-electron chi connectivity index (χ3n) is 3.78. The average molecular weight is 434 g/mol. The maximum atomic E-state index is 12.3. The minimum atomic E-state index is -0.714. The molecule has 0 radical (unpaired) electrons. The number of amides is 2. The van der Waals surface area contributed by atoms with Gasteiger partial charge in [0.25, 0.3) is 11.8 Å². The number of rotatable bonds is 6. The highest BCUT2D eigenvalue weighted by molar-refractivity contribution is 7.07. The van der Waals surface area contributed by atoms with E-state index in [9.17, 15) is 14.7 Å². The molecule has 1 heterocycles. The number of methoxy groups -OCH3 is 1. The Morgan fingerprint density at radius 2 is 1.93 bits per heavy atom. The highest BCUT2D eigenvalue weighted by atomic mass is 35.5. The fraction of sp³-hybridized carbons (Fsp3) is 0.105. The Morgan fingerprint density at radius 3 is 2.66 bits per heavy atom. The van der Waals surface area contributed by atoms with Crippen molar-refractivity contribution < 1.29 is 24.2 Å². The number of aromatic nitrogens is 1. The Morgan fingerprint density at radius 1 is 1.14 bits per heavy atom. The minimum Gasteiger partial charge on any atom is -0.507 e. The summed E-state index contributed by atoms with van der Waals surface area (Å²) in [4.78, 5) is 28.6. The highest BCUT2D eigenvalue weighted by Crippen LogP contribution is 2.29. The molecule has 0 unspecified atom stereocenters. The molecule has 0 fully saturated rings. The molecule has 0 aliphatic rings. The fourth-order valence-electron chi connectivity index (χ4n) is 2.33. The second kappa shape index (κ2) is 9.26. The molecule has 0 aliphatic heterocycles. The normalized spacial score (nSPS) is 10.3. The number of hydrogen-bond acceptors (Lipinski definition) is 7. The third-order valence-corrected chi connectivity index (χ3v) is 4.65. The molecule has 2 amide bonds. The van der Waals surface area contributed by atoms with Gasteiger partial charge in [0.2, 0.25) is 0 Å². The topological polar surface area (TPSA) is 110 Å². The van der Waals surface area contributed by atoms with Gasteiger partial charge in [0, 0.05) is 16.0 Å². The standard InChI is InChI=1S/C19H16ClN3O5S/c1-27-17-6-11(2-5-16(17)28-8-13-9-29-10-21-13)18(25)22-23-19(26)14-7-12(20)3-4-15(14)24/h2-7,9-10,24H,8H2,1H3,(H,22,25)(H,23,26). The van der Waals surface area contributed by atoms with Crippen LogP contribution in [0.4, 0.5) is 0 Å². The van der Waals surface area contributed by atoms with Crippen LogP contribution < -0.4 is 20.3 Å². The van der Waals surface area contributed by atoms with E-state index in [2.05, 4.69) is 15.8 Å². The number of carbonyl (C=O) groups excluding carboxylic acids is 2. The van der Waals surface area contributed by atoms with E-state index in [0.717, 1.165) is 5.69 Å². The number of hydrazine groups is 1. The number of phenols is 1. The molecule has 29 heavy (non-hydrogen) atoms.